The van der Waals surface area contributed by atoms with E-state index in [1.165, 1.54) is 18.9 Å². The molecular weight excluding hydrogens is 152 g/mol. The molecule has 0 aliphatic heterocycles. The first-order chi connectivity index (χ1) is 5.75. The highest BCUT2D eigenvalue weighted by atomic mass is 16.5. The first-order valence-corrected chi connectivity index (χ1v) is 4.28. The molecule has 0 amide bonds. The van der Waals surface area contributed by atoms with Gasteiger partial charge in [-0.3, -0.25) is 4.79 Å². The highest BCUT2D eigenvalue weighted by Gasteiger charge is 2.27. The second kappa shape index (κ2) is 2.77. The van der Waals surface area contributed by atoms with Crippen molar-refractivity contribution in [1.29, 1.82) is 0 Å². The number of fused-ring (bicyclic) bond motifs is 2. The molecule has 0 radical (unpaired) electrons. The van der Waals surface area contributed by atoms with Crippen LogP contribution in [0, 0.1) is 11.8 Å². The molecule has 2 unspecified atom stereocenters. The lowest BCUT2D eigenvalue weighted by Gasteiger charge is -2.08. The summed E-state index contributed by atoms with van der Waals surface area (Å²) in [5, 5.41) is 0. The standard InChI is InChI=1S/C10H12O2/c1-7(11)12-6-10-5-8-2-3-9(10)4-8/h2-3,5,8-9H,4,6H2,1H3. The minimum absolute atomic E-state index is 0.192. The van der Waals surface area contributed by atoms with E-state index in [0.717, 1.165) is 0 Å². The summed E-state index contributed by atoms with van der Waals surface area (Å²) in [4.78, 5) is 10.5. The van der Waals surface area contributed by atoms with Crippen molar-refractivity contribution < 1.29 is 9.53 Å². The minimum atomic E-state index is -0.192. The number of carbonyl (C=O) groups excluding carboxylic acids is 1. The quantitative estimate of drug-likeness (QED) is 0.458. The second-order valence-corrected chi connectivity index (χ2v) is 3.41. The van der Waals surface area contributed by atoms with Crippen LogP contribution in [0.3, 0.4) is 0 Å². The molecule has 2 aliphatic carbocycles. The van der Waals surface area contributed by atoms with Gasteiger partial charge in [0, 0.05) is 12.8 Å². The molecule has 2 heteroatoms. The summed E-state index contributed by atoms with van der Waals surface area (Å²) in [6.07, 6.45) is 7.84. The summed E-state index contributed by atoms with van der Waals surface area (Å²) in [5.41, 5.74) is 1.28. The zero-order valence-electron chi connectivity index (χ0n) is 7.12. The maximum Gasteiger partial charge on any atom is 0.302 e. The van der Waals surface area contributed by atoms with Crippen LogP contribution in [-0.4, -0.2) is 12.6 Å². The van der Waals surface area contributed by atoms with Gasteiger partial charge in [0.25, 0.3) is 0 Å². The Hall–Kier alpha value is -1.05. The molecule has 12 heavy (non-hydrogen) atoms. The van der Waals surface area contributed by atoms with E-state index in [2.05, 4.69) is 18.2 Å². The zero-order valence-corrected chi connectivity index (χ0v) is 7.12. The van der Waals surface area contributed by atoms with Gasteiger partial charge in [0.2, 0.25) is 0 Å². The third-order valence-electron chi connectivity index (χ3n) is 2.46. The first-order valence-electron chi connectivity index (χ1n) is 4.28. The molecule has 0 spiro atoms. The lowest BCUT2D eigenvalue weighted by Crippen LogP contribution is -2.06. The molecule has 0 saturated heterocycles. The van der Waals surface area contributed by atoms with Crippen LogP contribution < -0.4 is 0 Å². The van der Waals surface area contributed by atoms with Gasteiger partial charge in [-0.05, 0) is 17.9 Å². The van der Waals surface area contributed by atoms with E-state index in [9.17, 15) is 4.79 Å². The molecule has 2 aliphatic rings. The largest absolute Gasteiger partial charge is 0.461 e. The van der Waals surface area contributed by atoms with Crippen molar-refractivity contribution >= 4 is 5.97 Å². The van der Waals surface area contributed by atoms with E-state index >= 15 is 0 Å². The molecule has 0 aromatic rings. The lowest BCUT2D eigenvalue weighted by molar-refractivity contribution is -0.140. The minimum Gasteiger partial charge on any atom is -0.461 e. The topological polar surface area (TPSA) is 26.3 Å². The Kier molecular flexibility index (Phi) is 1.75. The molecule has 2 rings (SSSR count). The molecule has 0 aromatic carbocycles. The van der Waals surface area contributed by atoms with Crippen molar-refractivity contribution in [2.75, 3.05) is 6.61 Å². The molecule has 0 fully saturated rings. The van der Waals surface area contributed by atoms with Crippen LogP contribution in [0.5, 0.6) is 0 Å². The molecule has 0 aromatic heterocycles. The maximum atomic E-state index is 10.5. The van der Waals surface area contributed by atoms with Crippen LogP contribution in [0.4, 0.5) is 0 Å². The molecule has 2 atom stereocenters. The smallest absolute Gasteiger partial charge is 0.302 e. The summed E-state index contributed by atoms with van der Waals surface area (Å²) >= 11 is 0. The van der Waals surface area contributed by atoms with Gasteiger partial charge in [-0.25, -0.2) is 0 Å². The Bertz CT molecular complexity index is 263. The Labute approximate surface area is 71.9 Å². The average Bonchev–Trinajstić information content (AvgIpc) is 2.60. The third-order valence-corrected chi connectivity index (χ3v) is 2.46. The highest BCUT2D eigenvalue weighted by Crippen LogP contribution is 2.37. The fourth-order valence-electron chi connectivity index (χ4n) is 1.86. The van der Waals surface area contributed by atoms with Gasteiger partial charge < -0.3 is 4.74 Å². The van der Waals surface area contributed by atoms with E-state index in [0.29, 0.717) is 18.4 Å². The number of carbonyl (C=O) groups is 1. The van der Waals surface area contributed by atoms with Crippen LogP contribution in [0.2, 0.25) is 0 Å². The molecule has 64 valence electrons. The van der Waals surface area contributed by atoms with E-state index in [-0.39, 0.29) is 5.97 Å². The van der Waals surface area contributed by atoms with Crippen LogP contribution in [0.1, 0.15) is 13.3 Å². The summed E-state index contributed by atoms with van der Waals surface area (Å²) in [5.74, 6) is 0.970. The molecule has 2 nitrogen and oxygen atoms in total. The van der Waals surface area contributed by atoms with Crippen LogP contribution in [-0.2, 0) is 9.53 Å². The fraction of sp³-hybridized carbons (Fsp3) is 0.500. The van der Waals surface area contributed by atoms with Crippen LogP contribution in [0.15, 0.2) is 23.8 Å². The Morgan fingerprint density at radius 3 is 3.00 bits per heavy atom. The van der Waals surface area contributed by atoms with Gasteiger partial charge >= 0.3 is 5.97 Å². The third kappa shape index (κ3) is 1.29. The maximum absolute atomic E-state index is 10.5. The molecular formula is C10H12O2. The second-order valence-electron chi connectivity index (χ2n) is 3.41. The van der Waals surface area contributed by atoms with E-state index < -0.39 is 0 Å². The lowest BCUT2D eigenvalue weighted by atomic mass is 10.0. The Morgan fingerprint density at radius 1 is 1.67 bits per heavy atom. The summed E-state index contributed by atoms with van der Waals surface area (Å²) in [6, 6.07) is 0. The normalized spacial score (nSPS) is 30.6. The van der Waals surface area contributed by atoms with E-state index in [1.807, 2.05) is 0 Å². The molecule has 0 heterocycles. The zero-order chi connectivity index (χ0) is 8.55. The number of hydrogen-bond donors (Lipinski definition) is 0. The van der Waals surface area contributed by atoms with Gasteiger partial charge in [0.05, 0.1) is 0 Å². The molecule has 0 saturated carbocycles. The van der Waals surface area contributed by atoms with Gasteiger partial charge in [-0.2, -0.15) is 0 Å². The SMILES string of the molecule is CC(=O)OCC1=CC2C=CC1C2. The van der Waals surface area contributed by atoms with E-state index in [1.54, 1.807) is 0 Å². The monoisotopic (exact) mass is 164 g/mol. The molecule has 2 bridgehead atoms. The van der Waals surface area contributed by atoms with Crippen LogP contribution >= 0.6 is 0 Å². The number of hydrogen-bond acceptors (Lipinski definition) is 2. The average molecular weight is 164 g/mol. The van der Waals surface area contributed by atoms with Crippen LogP contribution in [0.25, 0.3) is 0 Å². The van der Waals surface area contributed by atoms with Crippen molar-refractivity contribution in [3.05, 3.63) is 23.8 Å². The first kappa shape index (κ1) is 7.59. The fourth-order valence-corrected chi connectivity index (χ4v) is 1.86. The van der Waals surface area contributed by atoms with Crippen molar-refractivity contribution in [3.63, 3.8) is 0 Å². The van der Waals surface area contributed by atoms with Crippen molar-refractivity contribution in [1.82, 2.24) is 0 Å². The van der Waals surface area contributed by atoms with Gasteiger partial charge in [-0.15, -0.1) is 0 Å². The Morgan fingerprint density at radius 2 is 2.50 bits per heavy atom. The summed E-state index contributed by atoms with van der Waals surface area (Å²) in [6.45, 7) is 1.93. The van der Waals surface area contributed by atoms with Crippen molar-refractivity contribution in [2.24, 2.45) is 11.8 Å². The van der Waals surface area contributed by atoms with E-state index in [4.69, 9.17) is 4.74 Å². The number of ether oxygens (including phenoxy) is 1. The molecule has 0 N–H and O–H groups in total. The summed E-state index contributed by atoms with van der Waals surface area (Å²) < 4.78 is 4.94. The number of esters is 1. The van der Waals surface area contributed by atoms with Gasteiger partial charge in [0.1, 0.15) is 6.61 Å². The van der Waals surface area contributed by atoms with Crippen molar-refractivity contribution in [3.8, 4) is 0 Å². The predicted octanol–water partition coefficient (Wildman–Crippen LogP) is 1.68. The van der Waals surface area contributed by atoms with Gasteiger partial charge in [0.15, 0.2) is 0 Å². The van der Waals surface area contributed by atoms with Crippen molar-refractivity contribution in [2.45, 2.75) is 13.3 Å². The number of rotatable bonds is 2. The Balaban J connectivity index is 1.91. The number of allylic oxidation sites excluding steroid dienone is 3. The predicted molar refractivity (Wildman–Crippen MR) is 45.5 cm³/mol. The van der Waals surface area contributed by atoms with Gasteiger partial charge in [-0.1, -0.05) is 18.2 Å². The highest BCUT2D eigenvalue weighted by molar-refractivity contribution is 5.66. The summed E-state index contributed by atoms with van der Waals surface area (Å²) in [7, 11) is 0.